The standard InChI is InChI=1S/C24H26N3O/c28-22-16-27(15-18-7-2-1-3-8-18)14-6-12-24(17-27)23-20(11-13-26(22)24)19-9-4-5-10-21(19)25-23/h1-5,7-10,25H,6,11-17H2/q+1. The lowest BCUT2D eigenvalue weighted by molar-refractivity contribution is -0.948. The minimum Gasteiger partial charge on any atom is -0.356 e. The number of aromatic nitrogens is 1. The maximum absolute atomic E-state index is 13.4. The van der Waals surface area contributed by atoms with E-state index >= 15 is 0 Å². The number of hydrogen-bond acceptors (Lipinski definition) is 1. The van der Waals surface area contributed by atoms with Crippen molar-refractivity contribution < 1.29 is 9.28 Å². The van der Waals surface area contributed by atoms with Crippen molar-refractivity contribution >= 4 is 16.8 Å². The molecular formula is C24H26N3O+. The number of piperidine rings is 1. The zero-order valence-corrected chi connectivity index (χ0v) is 16.2. The molecule has 1 N–H and O–H groups in total. The molecule has 4 heterocycles. The molecule has 0 aliphatic carbocycles. The fourth-order valence-electron chi connectivity index (χ4n) is 6.31. The Balaban J connectivity index is 1.49. The molecule has 1 spiro atoms. The molecule has 1 aromatic heterocycles. The molecule has 1 amide bonds. The van der Waals surface area contributed by atoms with E-state index in [9.17, 15) is 4.79 Å². The van der Waals surface area contributed by atoms with Crippen molar-refractivity contribution in [1.82, 2.24) is 9.88 Å². The summed E-state index contributed by atoms with van der Waals surface area (Å²) in [4.78, 5) is 19.3. The van der Waals surface area contributed by atoms with Gasteiger partial charge in [0.1, 0.15) is 18.6 Å². The highest BCUT2D eigenvalue weighted by molar-refractivity contribution is 5.87. The lowest BCUT2D eigenvalue weighted by Gasteiger charge is -2.59. The fourth-order valence-corrected chi connectivity index (χ4v) is 6.31. The molecule has 0 radical (unpaired) electrons. The van der Waals surface area contributed by atoms with E-state index in [0.717, 1.165) is 43.5 Å². The number of carbonyl (C=O) groups excluding carboxylic acids is 1. The van der Waals surface area contributed by atoms with Crippen molar-refractivity contribution in [3.05, 3.63) is 71.4 Å². The van der Waals surface area contributed by atoms with Crippen LogP contribution in [0, 0.1) is 0 Å². The third-order valence-electron chi connectivity index (χ3n) is 7.33. The van der Waals surface area contributed by atoms with Crippen molar-refractivity contribution in [3.63, 3.8) is 0 Å². The third-order valence-corrected chi connectivity index (χ3v) is 7.33. The summed E-state index contributed by atoms with van der Waals surface area (Å²) >= 11 is 0. The summed E-state index contributed by atoms with van der Waals surface area (Å²) in [5.41, 5.74) is 5.17. The number of nitrogens with one attached hydrogen (secondary N) is 1. The second-order valence-corrected chi connectivity index (χ2v) is 8.98. The summed E-state index contributed by atoms with van der Waals surface area (Å²) in [6.07, 6.45) is 3.21. The second kappa shape index (κ2) is 5.71. The molecule has 142 valence electrons. The summed E-state index contributed by atoms with van der Waals surface area (Å²) in [5.74, 6) is 0.339. The molecule has 0 saturated carbocycles. The molecule has 4 nitrogen and oxygen atoms in total. The molecule has 2 saturated heterocycles. The minimum atomic E-state index is -0.158. The summed E-state index contributed by atoms with van der Waals surface area (Å²) in [6, 6.07) is 19.4. The van der Waals surface area contributed by atoms with Crippen molar-refractivity contribution in [3.8, 4) is 0 Å². The Morgan fingerprint density at radius 2 is 1.89 bits per heavy atom. The van der Waals surface area contributed by atoms with Gasteiger partial charge < -0.3 is 14.4 Å². The molecule has 2 fully saturated rings. The van der Waals surface area contributed by atoms with Crippen molar-refractivity contribution in [2.45, 2.75) is 31.3 Å². The summed E-state index contributed by atoms with van der Waals surface area (Å²) < 4.78 is 0.897. The van der Waals surface area contributed by atoms with Crippen LogP contribution in [-0.4, -0.2) is 46.5 Å². The molecule has 4 heteroatoms. The van der Waals surface area contributed by atoms with Crippen LogP contribution < -0.4 is 0 Å². The van der Waals surface area contributed by atoms with Crippen LogP contribution in [0.1, 0.15) is 29.7 Å². The third kappa shape index (κ3) is 2.18. The number of para-hydroxylation sites is 1. The highest BCUT2D eigenvalue weighted by Crippen LogP contribution is 2.48. The number of amides is 1. The molecule has 2 unspecified atom stereocenters. The number of quaternary nitrogens is 1. The lowest BCUT2D eigenvalue weighted by atomic mass is 9.75. The maximum atomic E-state index is 13.4. The van der Waals surface area contributed by atoms with E-state index in [4.69, 9.17) is 0 Å². The van der Waals surface area contributed by atoms with Gasteiger partial charge in [-0.25, -0.2) is 0 Å². The van der Waals surface area contributed by atoms with Gasteiger partial charge in [-0.15, -0.1) is 0 Å². The summed E-state index contributed by atoms with van der Waals surface area (Å²) in [6.45, 7) is 4.60. The van der Waals surface area contributed by atoms with E-state index in [0.29, 0.717) is 12.5 Å². The van der Waals surface area contributed by atoms with Gasteiger partial charge in [0, 0.05) is 23.0 Å². The van der Waals surface area contributed by atoms with Crippen molar-refractivity contribution in [2.24, 2.45) is 0 Å². The Labute approximate surface area is 165 Å². The smallest absolute Gasteiger partial charge is 0.278 e. The number of hydrogen-bond donors (Lipinski definition) is 1. The summed E-state index contributed by atoms with van der Waals surface area (Å²) in [5, 5.41) is 1.34. The molecule has 3 aromatic rings. The van der Waals surface area contributed by atoms with Crippen LogP contribution >= 0.6 is 0 Å². The first-order chi connectivity index (χ1) is 13.7. The number of H-pyrrole nitrogens is 1. The largest absolute Gasteiger partial charge is 0.356 e. The second-order valence-electron chi connectivity index (χ2n) is 8.98. The Hall–Kier alpha value is -2.59. The van der Waals surface area contributed by atoms with Gasteiger partial charge in [0.05, 0.1) is 12.2 Å². The first kappa shape index (κ1) is 16.4. The van der Waals surface area contributed by atoms with Crippen LogP contribution in [0.15, 0.2) is 54.6 Å². The lowest BCUT2D eigenvalue weighted by Crippen LogP contribution is -2.73. The number of fused-ring (bicyclic) bond motifs is 4. The van der Waals surface area contributed by atoms with E-state index < -0.39 is 0 Å². The van der Waals surface area contributed by atoms with Crippen molar-refractivity contribution in [1.29, 1.82) is 0 Å². The van der Waals surface area contributed by atoms with Crippen LogP contribution in [0.4, 0.5) is 0 Å². The SMILES string of the molecule is O=C1C[N+]2(Cc3ccccc3)CCCC3(C2)c2[nH]c4ccccc4c2CCN13. The van der Waals surface area contributed by atoms with Crippen molar-refractivity contribution in [2.75, 3.05) is 26.2 Å². The fraction of sp³-hybridized carbons (Fsp3) is 0.375. The monoisotopic (exact) mass is 372 g/mol. The van der Waals surface area contributed by atoms with Gasteiger partial charge in [-0.1, -0.05) is 48.5 Å². The maximum Gasteiger partial charge on any atom is 0.278 e. The molecule has 3 aliphatic heterocycles. The van der Waals surface area contributed by atoms with Gasteiger partial charge in [-0.05, 0) is 30.9 Å². The number of rotatable bonds is 2. The van der Waals surface area contributed by atoms with E-state index in [1.165, 1.54) is 34.1 Å². The zero-order valence-electron chi connectivity index (χ0n) is 16.2. The molecular weight excluding hydrogens is 346 g/mol. The number of carbonyl (C=O) groups is 1. The van der Waals surface area contributed by atoms with Gasteiger partial charge in [0.25, 0.3) is 5.91 Å². The number of benzene rings is 2. The van der Waals surface area contributed by atoms with Gasteiger partial charge in [0.15, 0.2) is 6.54 Å². The van der Waals surface area contributed by atoms with E-state index in [-0.39, 0.29) is 5.54 Å². The van der Waals surface area contributed by atoms with E-state index in [1.54, 1.807) is 0 Å². The van der Waals surface area contributed by atoms with Gasteiger partial charge in [-0.2, -0.15) is 0 Å². The average Bonchev–Trinajstić information content (AvgIpc) is 3.09. The molecule has 2 atom stereocenters. The first-order valence-electron chi connectivity index (χ1n) is 10.5. The van der Waals surface area contributed by atoms with Crippen LogP contribution in [0.2, 0.25) is 0 Å². The molecule has 28 heavy (non-hydrogen) atoms. The highest BCUT2D eigenvalue weighted by Gasteiger charge is 2.59. The molecule has 2 aromatic carbocycles. The summed E-state index contributed by atoms with van der Waals surface area (Å²) in [7, 11) is 0. The van der Waals surface area contributed by atoms with Gasteiger partial charge in [0.2, 0.25) is 0 Å². The Kier molecular flexibility index (Phi) is 3.34. The van der Waals surface area contributed by atoms with Crippen LogP contribution in [0.5, 0.6) is 0 Å². The van der Waals surface area contributed by atoms with Crippen LogP contribution in [0.25, 0.3) is 10.9 Å². The number of aromatic amines is 1. The Morgan fingerprint density at radius 3 is 2.79 bits per heavy atom. The quantitative estimate of drug-likeness (QED) is 0.686. The Bertz CT molecular complexity index is 1070. The topological polar surface area (TPSA) is 36.1 Å². The first-order valence-corrected chi connectivity index (χ1v) is 10.5. The molecule has 6 rings (SSSR count). The predicted molar refractivity (Wildman–Crippen MR) is 110 cm³/mol. The number of piperazine rings is 1. The van der Waals surface area contributed by atoms with Crippen LogP contribution in [-0.2, 0) is 23.3 Å². The normalized spacial score (nSPS) is 28.9. The molecule has 3 aliphatic rings. The highest BCUT2D eigenvalue weighted by atomic mass is 16.2. The minimum absolute atomic E-state index is 0.158. The predicted octanol–water partition coefficient (Wildman–Crippen LogP) is 3.57. The van der Waals surface area contributed by atoms with E-state index in [2.05, 4.69) is 64.5 Å². The van der Waals surface area contributed by atoms with E-state index in [1.807, 2.05) is 0 Å². The average molecular weight is 372 g/mol. The molecule has 2 bridgehead atoms. The number of nitrogens with zero attached hydrogens (tertiary/aromatic N) is 2. The van der Waals surface area contributed by atoms with Gasteiger partial charge in [-0.3, -0.25) is 4.79 Å². The van der Waals surface area contributed by atoms with Crippen LogP contribution in [0.3, 0.4) is 0 Å². The van der Waals surface area contributed by atoms with Gasteiger partial charge >= 0.3 is 0 Å². The Morgan fingerprint density at radius 1 is 1.07 bits per heavy atom. The zero-order chi connectivity index (χ0) is 18.8.